The molecule has 0 aliphatic heterocycles. The zero-order valence-electron chi connectivity index (χ0n) is 12.6. The summed E-state index contributed by atoms with van der Waals surface area (Å²) in [5.74, 6) is 0.0410. The Labute approximate surface area is 131 Å². The number of hydrogen-bond donors (Lipinski definition) is 1. The number of hydrogen-bond acceptors (Lipinski definition) is 3. The van der Waals surface area contributed by atoms with Gasteiger partial charge in [-0.1, -0.05) is 54.3 Å². The predicted octanol–water partition coefficient (Wildman–Crippen LogP) is 3.22. The normalized spacial score (nSPS) is 12.7. The van der Waals surface area contributed by atoms with Gasteiger partial charge < -0.3 is 10.2 Å². The number of nitrogens with zero attached hydrogens (tertiary/aromatic N) is 1. The van der Waals surface area contributed by atoms with Crippen LogP contribution in [0.25, 0.3) is 0 Å². The molecule has 0 spiro atoms. The van der Waals surface area contributed by atoms with Crippen molar-refractivity contribution in [3.8, 4) is 0 Å². The third kappa shape index (κ3) is 5.51. The Morgan fingerprint density at radius 1 is 1.25 bits per heavy atom. The van der Waals surface area contributed by atoms with Gasteiger partial charge in [0.25, 0.3) is 0 Å². The smallest absolute Gasteiger partial charge is 0.240 e. The van der Waals surface area contributed by atoms with E-state index < -0.39 is 0 Å². The van der Waals surface area contributed by atoms with Gasteiger partial charge >= 0.3 is 0 Å². The second-order valence-corrected chi connectivity index (χ2v) is 7.59. The van der Waals surface area contributed by atoms with Crippen LogP contribution in [0.4, 0.5) is 0 Å². The second-order valence-electron chi connectivity index (χ2n) is 5.80. The minimum Gasteiger partial charge on any atom is -0.366 e. The lowest BCUT2D eigenvalue weighted by Gasteiger charge is -2.25. The summed E-state index contributed by atoms with van der Waals surface area (Å²) in [4.78, 5) is 14.0. The molecule has 0 aliphatic carbocycles. The van der Waals surface area contributed by atoms with Crippen molar-refractivity contribution in [2.45, 2.75) is 31.6 Å². The van der Waals surface area contributed by atoms with Crippen molar-refractivity contribution in [3.05, 3.63) is 35.9 Å². The topological polar surface area (TPSA) is 32.3 Å². The van der Waals surface area contributed by atoms with Crippen LogP contribution in [-0.4, -0.2) is 34.8 Å². The first-order valence-electron chi connectivity index (χ1n) is 6.45. The number of likely N-dealkylation sites (N-methyl/N-ethyl adjacent to an activating group) is 1. The number of nitrogens with one attached hydrogen (secondary N) is 1. The molecule has 3 nitrogen and oxygen atoms in total. The average Bonchev–Trinajstić information content (AvgIpc) is 2.34. The first kappa shape index (κ1) is 17.0. The van der Waals surface area contributed by atoms with E-state index in [0.29, 0.717) is 4.32 Å². The van der Waals surface area contributed by atoms with Gasteiger partial charge in [-0.05, 0) is 26.3 Å². The molecule has 110 valence electrons. The molecule has 0 fully saturated rings. The van der Waals surface area contributed by atoms with Crippen molar-refractivity contribution in [1.29, 1.82) is 0 Å². The highest BCUT2D eigenvalue weighted by Crippen LogP contribution is 2.31. The number of carbonyl (C=O) groups excluding carboxylic acids is 1. The Balaban J connectivity index is 2.90. The summed E-state index contributed by atoms with van der Waals surface area (Å²) in [6.45, 7) is 6.14. The second kappa shape index (κ2) is 7.09. The standard InChI is InChI=1S/C15H22N2OS2/c1-15(2,3)16-14(19)20-12(13(18)17(4)5)11-9-7-6-8-10-11/h6-10,12H,1-5H3,(H,16,19). The summed E-state index contributed by atoms with van der Waals surface area (Å²) in [7, 11) is 3.53. The van der Waals surface area contributed by atoms with Gasteiger partial charge in [0.1, 0.15) is 9.57 Å². The minimum atomic E-state index is -0.312. The fraction of sp³-hybridized carbons (Fsp3) is 0.467. The molecule has 1 N–H and O–H groups in total. The maximum atomic E-state index is 12.4. The molecule has 0 radical (unpaired) electrons. The van der Waals surface area contributed by atoms with E-state index in [9.17, 15) is 4.79 Å². The highest BCUT2D eigenvalue weighted by Gasteiger charge is 2.25. The molecule has 20 heavy (non-hydrogen) atoms. The van der Waals surface area contributed by atoms with Gasteiger partial charge in [-0.3, -0.25) is 4.79 Å². The summed E-state index contributed by atoms with van der Waals surface area (Å²) in [5.41, 5.74) is 0.862. The lowest BCUT2D eigenvalue weighted by Crippen LogP contribution is -2.39. The van der Waals surface area contributed by atoms with Crippen molar-refractivity contribution in [2.24, 2.45) is 0 Å². The molecular formula is C15H22N2OS2. The molecule has 0 aliphatic rings. The van der Waals surface area contributed by atoms with Crippen molar-refractivity contribution in [2.75, 3.05) is 14.1 Å². The first-order chi connectivity index (χ1) is 9.20. The van der Waals surface area contributed by atoms with Crippen molar-refractivity contribution < 1.29 is 4.79 Å². The molecule has 1 atom stereocenters. The Morgan fingerprint density at radius 2 is 1.80 bits per heavy atom. The van der Waals surface area contributed by atoms with Gasteiger partial charge in [0, 0.05) is 19.6 Å². The average molecular weight is 310 g/mol. The zero-order chi connectivity index (χ0) is 15.3. The molecule has 1 aromatic carbocycles. The largest absolute Gasteiger partial charge is 0.366 e. The zero-order valence-corrected chi connectivity index (χ0v) is 14.3. The lowest BCUT2D eigenvalue weighted by molar-refractivity contribution is -0.128. The van der Waals surface area contributed by atoms with Crippen LogP contribution in [0.2, 0.25) is 0 Å². The minimum absolute atomic E-state index is 0.0410. The van der Waals surface area contributed by atoms with Crippen molar-refractivity contribution in [1.82, 2.24) is 10.2 Å². The Morgan fingerprint density at radius 3 is 2.25 bits per heavy atom. The van der Waals surface area contributed by atoms with E-state index in [1.54, 1.807) is 19.0 Å². The summed E-state index contributed by atoms with van der Waals surface area (Å²) in [6.07, 6.45) is 0. The molecule has 0 saturated carbocycles. The maximum absolute atomic E-state index is 12.4. The molecule has 5 heteroatoms. The van der Waals surface area contributed by atoms with E-state index in [0.717, 1.165) is 5.56 Å². The van der Waals surface area contributed by atoms with Crippen LogP contribution in [0, 0.1) is 0 Å². The van der Waals surface area contributed by atoms with Gasteiger partial charge in [-0.2, -0.15) is 0 Å². The molecule has 0 saturated heterocycles. The van der Waals surface area contributed by atoms with Crippen LogP contribution in [0.3, 0.4) is 0 Å². The molecule has 1 rings (SSSR count). The number of rotatable bonds is 3. The molecule has 1 aromatic rings. The molecule has 0 aromatic heterocycles. The van der Waals surface area contributed by atoms with Gasteiger partial charge in [0.2, 0.25) is 5.91 Å². The maximum Gasteiger partial charge on any atom is 0.240 e. The third-order valence-corrected chi connectivity index (χ3v) is 3.89. The van der Waals surface area contributed by atoms with Crippen LogP contribution in [0.5, 0.6) is 0 Å². The van der Waals surface area contributed by atoms with Crippen LogP contribution in [0.15, 0.2) is 30.3 Å². The number of benzene rings is 1. The summed E-state index contributed by atoms with van der Waals surface area (Å²) in [6, 6.07) is 9.73. The van der Waals surface area contributed by atoms with Crippen molar-refractivity contribution >= 4 is 34.2 Å². The van der Waals surface area contributed by atoms with Gasteiger partial charge in [-0.25, -0.2) is 0 Å². The molecule has 1 amide bonds. The first-order valence-corrected chi connectivity index (χ1v) is 7.74. The monoisotopic (exact) mass is 310 g/mol. The Kier molecular flexibility index (Phi) is 6.02. The predicted molar refractivity (Wildman–Crippen MR) is 91.0 cm³/mol. The summed E-state index contributed by atoms with van der Waals surface area (Å²) < 4.78 is 0.640. The van der Waals surface area contributed by atoms with Crippen molar-refractivity contribution in [3.63, 3.8) is 0 Å². The highest BCUT2D eigenvalue weighted by molar-refractivity contribution is 8.23. The summed E-state index contributed by atoms with van der Waals surface area (Å²) >= 11 is 6.76. The lowest BCUT2D eigenvalue weighted by atomic mass is 10.1. The number of carbonyl (C=O) groups is 1. The molecule has 0 bridgehead atoms. The van der Waals surface area contributed by atoms with Crippen LogP contribution in [0.1, 0.15) is 31.6 Å². The van der Waals surface area contributed by atoms with E-state index in [1.807, 2.05) is 51.1 Å². The number of thioether (sulfide) groups is 1. The van der Waals surface area contributed by atoms with E-state index in [1.165, 1.54) is 11.8 Å². The fourth-order valence-electron chi connectivity index (χ4n) is 1.57. The van der Waals surface area contributed by atoms with E-state index in [2.05, 4.69) is 5.32 Å². The Hall–Kier alpha value is -1.07. The quantitative estimate of drug-likeness (QED) is 0.869. The van der Waals surface area contributed by atoms with E-state index >= 15 is 0 Å². The van der Waals surface area contributed by atoms with Crippen LogP contribution < -0.4 is 5.32 Å². The third-order valence-electron chi connectivity index (χ3n) is 2.47. The number of thiocarbonyl (C=S) groups is 1. The molecule has 1 unspecified atom stereocenters. The van der Waals surface area contributed by atoms with Crippen LogP contribution in [-0.2, 0) is 4.79 Å². The highest BCUT2D eigenvalue weighted by atomic mass is 32.2. The van der Waals surface area contributed by atoms with E-state index in [-0.39, 0.29) is 16.7 Å². The fourth-order valence-corrected chi connectivity index (χ4v) is 3.34. The van der Waals surface area contributed by atoms with Gasteiger partial charge in [-0.15, -0.1) is 0 Å². The number of amides is 1. The van der Waals surface area contributed by atoms with Gasteiger partial charge in [0.05, 0.1) is 0 Å². The summed E-state index contributed by atoms with van der Waals surface area (Å²) in [5, 5.41) is 2.93. The van der Waals surface area contributed by atoms with Crippen LogP contribution >= 0.6 is 24.0 Å². The molecular weight excluding hydrogens is 288 g/mol. The molecule has 0 heterocycles. The van der Waals surface area contributed by atoms with Gasteiger partial charge in [0.15, 0.2) is 0 Å². The SMILES string of the molecule is CN(C)C(=O)C(SC(=S)NC(C)(C)C)c1ccccc1. The Bertz CT molecular complexity index is 467. The van der Waals surface area contributed by atoms with E-state index in [4.69, 9.17) is 12.2 Å².